The Morgan fingerprint density at radius 3 is 2.48 bits per heavy atom. The fourth-order valence-electron chi connectivity index (χ4n) is 1.96. The zero-order valence-electron chi connectivity index (χ0n) is 12.5. The minimum absolute atomic E-state index is 0.0763. The SMILES string of the molecule is CC(C)C(CCCC(=O)O)NC(=O)OCc1ccccc1. The van der Waals surface area contributed by atoms with E-state index >= 15 is 0 Å². The zero-order chi connectivity index (χ0) is 15.7. The van der Waals surface area contributed by atoms with Crippen LogP contribution in [0.3, 0.4) is 0 Å². The summed E-state index contributed by atoms with van der Waals surface area (Å²) in [5, 5.41) is 11.5. The van der Waals surface area contributed by atoms with Gasteiger partial charge in [0.05, 0.1) is 0 Å². The van der Waals surface area contributed by atoms with Crippen molar-refractivity contribution in [3.63, 3.8) is 0 Å². The number of nitrogens with one attached hydrogen (secondary N) is 1. The predicted molar refractivity (Wildman–Crippen MR) is 79.9 cm³/mol. The number of alkyl carbamates (subject to hydrolysis) is 1. The van der Waals surface area contributed by atoms with E-state index < -0.39 is 12.1 Å². The lowest BCUT2D eigenvalue weighted by Gasteiger charge is -2.21. The van der Waals surface area contributed by atoms with Crippen LogP contribution in [-0.2, 0) is 16.1 Å². The van der Waals surface area contributed by atoms with Crippen LogP contribution in [0.4, 0.5) is 4.79 Å². The molecule has 21 heavy (non-hydrogen) atoms. The van der Waals surface area contributed by atoms with Gasteiger partial charge in [-0.3, -0.25) is 4.79 Å². The number of hydrogen-bond donors (Lipinski definition) is 2. The molecule has 116 valence electrons. The van der Waals surface area contributed by atoms with E-state index in [9.17, 15) is 9.59 Å². The molecule has 0 heterocycles. The van der Waals surface area contributed by atoms with Gasteiger partial charge in [-0.05, 0) is 24.3 Å². The van der Waals surface area contributed by atoms with Gasteiger partial charge in [-0.25, -0.2) is 4.79 Å². The molecule has 1 aromatic rings. The Morgan fingerprint density at radius 1 is 1.24 bits per heavy atom. The molecule has 1 atom stereocenters. The van der Waals surface area contributed by atoms with Gasteiger partial charge in [0.1, 0.15) is 6.61 Å². The third-order valence-electron chi connectivity index (χ3n) is 3.23. The maximum Gasteiger partial charge on any atom is 0.407 e. The fourth-order valence-corrected chi connectivity index (χ4v) is 1.96. The average molecular weight is 293 g/mol. The van der Waals surface area contributed by atoms with Crippen LogP contribution >= 0.6 is 0 Å². The van der Waals surface area contributed by atoms with Crippen molar-refractivity contribution in [2.45, 2.75) is 45.8 Å². The maximum atomic E-state index is 11.8. The van der Waals surface area contributed by atoms with Gasteiger partial charge in [0.15, 0.2) is 0 Å². The molecule has 0 saturated heterocycles. The van der Waals surface area contributed by atoms with E-state index in [1.54, 1.807) is 0 Å². The molecule has 0 spiro atoms. The van der Waals surface area contributed by atoms with Gasteiger partial charge in [0, 0.05) is 12.5 Å². The summed E-state index contributed by atoms with van der Waals surface area (Å²) in [6.45, 7) is 4.21. The molecule has 0 aliphatic rings. The third-order valence-corrected chi connectivity index (χ3v) is 3.23. The number of amides is 1. The number of aliphatic carboxylic acids is 1. The first-order valence-electron chi connectivity index (χ1n) is 7.18. The van der Waals surface area contributed by atoms with Gasteiger partial charge in [0.2, 0.25) is 0 Å². The molecule has 0 saturated carbocycles. The fraction of sp³-hybridized carbons (Fsp3) is 0.500. The maximum absolute atomic E-state index is 11.8. The smallest absolute Gasteiger partial charge is 0.407 e. The molecule has 2 N–H and O–H groups in total. The number of carbonyl (C=O) groups excluding carboxylic acids is 1. The molecule has 0 bridgehead atoms. The first-order chi connectivity index (χ1) is 9.99. The molecule has 0 radical (unpaired) electrons. The van der Waals surface area contributed by atoms with Crippen molar-refractivity contribution >= 4 is 12.1 Å². The second kappa shape index (κ2) is 9.00. The Kier molecular flexibility index (Phi) is 7.29. The van der Waals surface area contributed by atoms with Gasteiger partial charge >= 0.3 is 12.1 Å². The van der Waals surface area contributed by atoms with E-state index in [-0.39, 0.29) is 25.0 Å². The van der Waals surface area contributed by atoms with Crippen molar-refractivity contribution < 1.29 is 19.4 Å². The van der Waals surface area contributed by atoms with E-state index in [1.807, 2.05) is 44.2 Å². The second-order valence-corrected chi connectivity index (χ2v) is 5.34. The lowest BCUT2D eigenvalue weighted by Crippen LogP contribution is -2.38. The minimum atomic E-state index is -0.816. The van der Waals surface area contributed by atoms with Crippen molar-refractivity contribution in [2.24, 2.45) is 5.92 Å². The topological polar surface area (TPSA) is 75.6 Å². The van der Waals surface area contributed by atoms with Crippen molar-refractivity contribution in [3.8, 4) is 0 Å². The Morgan fingerprint density at radius 2 is 1.90 bits per heavy atom. The number of hydrogen-bond acceptors (Lipinski definition) is 3. The highest BCUT2D eigenvalue weighted by Gasteiger charge is 2.17. The summed E-state index contributed by atoms with van der Waals surface area (Å²) < 4.78 is 5.17. The Balaban J connectivity index is 2.36. The molecule has 0 aliphatic heterocycles. The van der Waals surface area contributed by atoms with Crippen LogP contribution in [0.5, 0.6) is 0 Å². The first kappa shape index (κ1) is 17.0. The molecule has 0 aromatic heterocycles. The second-order valence-electron chi connectivity index (χ2n) is 5.34. The van der Waals surface area contributed by atoms with Crippen LogP contribution in [0.1, 0.15) is 38.7 Å². The highest BCUT2D eigenvalue weighted by atomic mass is 16.5. The minimum Gasteiger partial charge on any atom is -0.481 e. The monoisotopic (exact) mass is 293 g/mol. The highest BCUT2D eigenvalue weighted by Crippen LogP contribution is 2.11. The van der Waals surface area contributed by atoms with Crippen molar-refractivity contribution in [2.75, 3.05) is 0 Å². The van der Waals surface area contributed by atoms with Crippen LogP contribution in [0.15, 0.2) is 30.3 Å². The van der Waals surface area contributed by atoms with E-state index in [1.165, 1.54) is 0 Å². The number of carboxylic acid groups (broad SMARTS) is 1. The lowest BCUT2D eigenvalue weighted by molar-refractivity contribution is -0.137. The Hall–Kier alpha value is -2.04. The number of carboxylic acids is 1. The van der Waals surface area contributed by atoms with Gasteiger partial charge in [-0.1, -0.05) is 44.2 Å². The summed E-state index contributed by atoms with van der Waals surface area (Å²) in [7, 11) is 0. The quantitative estimate of drug-likeness (QED) is 0.771. The van der Waals surface area contributed by atoms with Gasteiger partial charge in [0.25, 0.3) is 0 Å². The molecule has 0 fully saturated rings. The molecule has 1 unspecified atom stereocenters. The molecule has 1 amide bonds. The predicted octanol–water partition coefficient (Wildman–Crippen LogP) is 3.19. The molecule has 1 rings (SSSR count). The van der Waals surface area contributed by atoms with Crippen LogP contribution < -0.4 is 5.32 Å². The van der Waals surface area contributed by atoms with E-state index in [0.29, 0.717) is 12.8 Å². The molecular formula is C16H23NO4. The van der Waals surface area contributed by atoms with E-state index in [4.69, 9.17) is 9.84 Å². The first-order valence-corrected chi connectivity index (χ1v) is 7.18. The largest absolute Gasteiger partial charge is 0.481 e. The lowest BCUT2D eigenvalue weighted by atomic mass is 9.98. The summed E-state index contributed by atoms with van der Waals surface area (Å²) in [5.41, 5.74) is 0.930. The van der Waals surface area contributed by atoms with Gasteiger partial charge in [-0.15, -0.1) is 0 Å². The van der Waals surface area contributed by atoms with Crippen LogP contribution in [0, 0.1) is 5.92 Å². The summed E-state index contributed by atoms with van der Waals surface area (Å²) in [5.74, 6) is -0.591. The molecule has 1 aromatic carbocycles. The molecular weight excluding hydrogens is 270 g/mol. The number of rotatable bonds is 8. The average Bonchev–Trinajstić information content (AvgIpc) is 2.44. The molecule has 5 heteroatoms. The van der Waals surface area contributed by atoms with Crippen molar-refractivity contribution in [1.82, 2.24) is 5.32 Å². The standard InChI is InChI=1S/C16H23NO4/c1-12(2)14(9-6-10-15(18)19)17-16(20)21-11-13-7-4-3-5-8-13/h3-5,7-8,12,14H,6,9-11H2,1-2H3,(H,17,20)(H,18,19). The van der Waals surface area contributed by atoms with Crippen molar-refractivity contribution in [1.29, 1.82) is 0 Å². The summed E-state index contributed by atoms with van der Waals surface area (Å²) in [6, 6.07) is 9.38. The zero-order valence-corrected chi connectivity index (χ0v) is 12.5. The van der Waals surface area contributed by atoms with Gasteiger partial charge < -0.3 is 15.2 Å². The molecule has 0 aliphatic carbocycles. The van der Waals surface area contributed by atoms with E-state index in [2.05, 4.69) is 5.32 Å². The van der Waals surface area contributed by atoms with Gasteiger partial charge in [-0.2, -0.15) is 0 Å². The molecule has 5 nitrogen and oxygen atoms in total. The third kappa shape index (κ3) is 7.34. The Bertz CT molecular complexity index is 445. The summed E-state index contributed by atoms with van der Waals surface area (Å²) >= 11 is 0. The number of ether oxygens (including phenoxy) is 1. The van der Waals surface area contributed by atoms with Crippen LogP contribution in [-0.4, -0.2) is 23.2 Å². The van der Waals surface area contributed by atoms with Crippen molar-refractivity contribution in [3.05, 3.63) is 35.9 Å². The highest BCUT2D eigenvalue weighted by molar-refractivity contribution is 5.68. The number of benzene rings is 1. The van der Waals surface area contributed by atoms with E-state index in [0.717, 1.165) is 5.56 Å². The van der Waals surface area contributed by atoms with Crippen LogP contribution in [0.25, 0.3) is 0 Å². The summed E-state index contributed by atoms with van der Waals surface area (Å²) in [4.78, 5) is 22.3. The summed E-state index contributed by atoms with van der Waals surface area (Å²) in [6.07, 6.45) is 0.818. The number of carbonyl (C=O) groups is 2. The Labute approximate surface area is 125 Å². The normalized spacial score (nSPS) is 12.0. The van der Waals surface area contributed by atoms with Crippen LogP contribution in [0.2, 0.25) is 0 Å².